The molecule has 3 aromatic rings. The largest absolute Gasteiger partial charge is 0.300 e. The average molecular weight is 291 g/mol. The summed E-state index contributed by atoms with van der Waals surface area (Å²) in [4.78, 5) is 16.3. The number of nitrogens with one attached hydrogen (secondary N) is 1. The minimum atomic E-state index is -0.272. The van der Waals surface area contributed by atoms with Crippen LogP contribution in [0.25, 0.3) is 5.13 Å². The van der Waals surface area contributed by atoms with Gasteiger partial charge in [0.15, 0.2) is 5.13 Å². The van der Waals surface area contributed by atoms with Crippen LogP contribution in [0.4, 0.5) is 5.13 Å². The summed E-state index contributed by atoms with van der Waals surface area (Å²) in [7, 11) is 0. The van der Waals surface area contributed by atoms with Crippen molar-refractivity contribution in [3.05, 3.63) is 40.6 Å². The topological polar surface area (TPSA) is 72.7 Å². The lowest BCUT2D eigenvalue weighted by atomic mass is 10.5. The maximum atomic E-state index is 12.0. The van der Waals surface area contributed by atoms with Gasteiger partial charge in [0.2, 0.25) is 5.13 Å². The van der Waals surface area contributed by atoms with Crippen LogP contribution in [0, 0.1) is 6.92 Å². The highest BCUT2D eigenvalue weighted by molar-refractivity contribution is 7.15. The molecule has 3 rings (SSSR count). The molecule has 0 aliphatic heterocycles. The van der Waals surface area contributed by atoms with E-state index in [1.54, 1.807) is 5.38 Å². The maximum Gasteiger partial charge on any atom is 0.277 e. The molecule has 0 spiro atoms. The molecule has 0 saturated carbocycles. The van der Waals surface area contributed by atoms with Crippen LogP contribution in [-0.4, -0.2) is 25.7 Å². The molecular formula is C11H9N5OS2. The molecule has 0 fully saturated rings. The number of amides is 1. The van der Waals surface area contributed by atoms with Crippen LogP contribution < -0.4 is 5.32 Å². The van der Waals surface area contributed by atoms with E-state index in [-0.39, 0.29) is 5.91 Å². The molecule has 8 heteroatoms. The highest BCUT2D eigenvalue weighted by Gasteiger charge is 2.13. The summed E-state index contributed by atoms with van der Waals surface area (Å²) in [5, 5.41) is 14.1. The van der Waals surface area contributed by atoms with Crippen LogP contribution in [0.3, 0.4) is 0 Å². The van der Waals surface area contributed by atoms with E-state index in [4.69, 9.17) is 0 Å². The number of carbonyl (C=O) groups is 1. The van der Waals surface area contributed by atoms with Crippen LogP contribution in [0.2, 0.25) is 0 Å². The summed E-state index contributed by atoms with van der Waals surface area (Å²) in [6.45, 7) is 1.83. The van der Waals surface area contributed by atoms with E-state index < -0.39 is 0 Å². The fourth-order valence-corrected chi connectivity index (χ4v) is 2.82. The SMILES string of the molecule is Cc1nnc(NC(=O)c2csc(-n3cccc3)n2)s1. The predicted octanol–water partition coefficient (Wildman–Crippen LogP) is 2.35. The first kappa shape index (κ1) is 12.0. The average Bonchev–Trinajstić information content (AvgIpc) is 3.08. The van der Waals surface area contributed by atoms with E-state index in [1.807, 2.05) is 36.0 Å². The van der Waals surface area contributed by atoms with Gasteiger partial charge in [-0.15, -0.1) is 21.5 Å². The summed E-state index contributed by atoms with van der Waals surface area (Å²) < 4.78 is 1.86. The highest BCUT2D eigenvalue weighted by Crippen LogP contribution is 2.18. The van der Waals surface area contributed by atoms with Crippen molar-refractivity contribution in [1.29, 1.82) is 0 Å². The Labute approximate surface area is 116 Å². The number of thiazole rings is 1. The van der Waals surface area contributed by atoms with Crippen molar-refractivity contribution in [2.24, 2.45) is 0 Å². The Bertz CT molecular complexity index is 700. The second kappa shape index (κ2) is 4.90. The van der Waals surface area contributed by atoms with Crippen molar-refractivity contribution in [1.82, 2.24) is 19.7 Å². The fraction of sp³-hybridized carbons (Fsp3) is 0.0909. The lowest BCUT2D eigenvalue weighted by Crippen LogP contribution is -2.12. The molecule has 0 saturated heterocycles. The Kier molecular flexibility index (Phi) is 3.10. The maximum absolute atomic E-state index is 12.0. The van der Waals surface area contributed by atoms with Gasteiger partial charge in [-0.2, -0.15) is 0 Å². The number of hydrogen-bond acceptors (Lipinski definition) is 6. The van der Waals surface area contributed by atoms with Crippen LogP contribution >= 0.6 is 22.7 Å². The molecule has 1 amide bonds. The van der Waals surface area contributed by atoms with Gasteiger partial charge in [-0.05, 0) is 19.1 Å². The third-order valence-corrected chi connectivity index (χ3v) is 3.90. The lowest BCUT2D eigenvalue weighted by molar-refractivity contribution is 0.102. The predicted molar refractivity (Wildman–Crippen MR) is 74.0 cm³/mol. The van der Waals surface area contributed by atoms with Crippen LogP contribution in [0.5, 0.6) is 0 Å². The number of nitrogens with zero attached hydrogens (tertiary/aromatic N) is 4. The van der Waals surface area contributed by atoms with Gasteiger partial charge in [0.1, 0.15) is 10.7 Å². The standard InChI is InChI=1S/C11H9N5OS2/c1-7-14-15-10(19-7)13-9(17)8-6-18-11(12-8)16-4-2-3-5-16/h2-6H,1H3,(H,13,15,17). The molecule has 3 heterocycles. The molecule has 0 aromatic carbocycles. The Morgan fingerprint density at radius 2 is 2.11 bits per heavy atom. The number of anilines is 1. The van der Waals surface area contributed by atoms with E-state index in [0.717, 1.165) is 10.1 Å². The highest BCUT2D eigenvalue weighted by atomic mass is 32.1. The summed E-state index contributed by atoms with van der Waals surface area (Å²) in [5.74, 6) is -0.272. The Morgan fingerprint density at radius 3 is 2.79 bits per heavy atom. The first-order valence-corrected chi connectivity index (χ1v) is 7.12. The third kappa shape index (κ3) is 2.54. The molecular weight excluding hydrogens is 282 g/mol. The summed E-state index contributed by atoms with van der Waals surface area (Å²) in [5.41, 5.74) is 0.376. The molecule has 0 aliphatic carbocycles. The van der Waals surface area contributed by atoms with E-state index in [9.17, 15) is 4.79 Å². The fourth-order valence-electron chi connectivity index (χ4n) is 1.46. The van der Waals surface area contributed by atoms with Gasteiger partial charge in [0.05, 0.1) is 0 Å². The molecule has 19 heavy (non-hydrogen) atoms. The Morgan fingerprint density at radius 1 is 1.32 bits per heavy atom. The van der Waals surface area contributed by atoms with Crippen LogP contribution in [0.15, 0.2) is 29.9 Å². The number of aryl methyl sites for hydroxylation is 1. The molecule has 3 aromatic heterocycles. The molecule has 96 valence electrons. The second-order valence-corrected chi connectivity index (χ2v) is 5.70. The normalized spacial score (nSPS) is 10.6. The van der Waals surface area contributed by atoms with Crippen molar-refractivity contribution in [2.75, 3.05) is 5.32 Å². The number of rotatable bonds is 3. The first-order chi connectivity index (χ1) is 9.22. The smallest absolute Gasteiger partial charge is 0.277 e. The van der Waals surface area contributed by atoms with Crippen molar-refractivity contribution in [2.45, 2.75) is 6.92 Å². The van der Waals surface area contributed by atoms with Gasteiger partial charge in [-0.25, -0.2) is 4.98 Å². The zero-order valence-corrected chi connectivity index (χ0v) is 11.5. The van der Waals surface area contributed by atoms with Gasteiger partial charge in [0.25, 0.3) is 5.91 Å². The molecule has 0 bridgehead atoms. The zero-order chi connectivity index (χ0) is 13.2. The Balaban J connectivity index is 1.77. The Hall–Kier alpha value is -2.06. The lowest BCUT2D eigenvalue weighted by Gasteiger charge is -1.97. The van der Waals surface area contributed by atoms with E-state index >= 15 is 0 Å². The van der Waals surface area contributed by atoms with Gasteiger partial charge in [0, 0.05) is 17.8 Å². The molecule has 0 aliphatic rings. The number of carbonyl (C=O) groups excluding carboxylic acids is 1. The monoisotopic (exact) mass is 291 g/mol. The van der Waals surface area contributed by atoms with E-state index in [1.165, 1.54) is 22.7 Å². The minimum absolute atomic E-state index is 0.272. The van der Waals surface area contributed by atoms with Crippen molar-refractivity contribution in [3.8, 4) is 5.13 Å². The quantitative estimate of drug-likeness (QED) is 0.804. The second-order valence-electron chi connectivity index (χ2n) is 3.69. The summed E-state index contributed by atoms with van der Waals surface area (Å²) in [6.07, 6.45) is 3.77. The molecule has 0 atom stereocenters. The molecule has 6 nitrogen and oxygen atoms in total. The molecule has 1 N–H and O–H groups in total. The number of hydrogen-bond donors (Lipinski definition) is 1. The van der Waals surface area contributed by atoms with Crippen LogP contribution in [0.1, 0.15) is 15.5 Å². The first-order valence-electron chi connectivity index (χ1n) is 5.43. The van der Waals surface area contributed by atoms with Crippen LogP contribution in [-0.2, 0) is 0 Å². The summed E-state index contributed by atoms with van der Waals surface area (Å²) in [6, 6.07) is 3.82. The summed E-state index contributed by atoms with van der Waals surface area (Å²) >= 11 is 2.74. The molecule has 0 radical (unpaired) electrons. The molecule has 0 unspecified atom stereocenters. The zero-order valence-electron chi connectivity index (χ0n) is 9.90. The third-order valence-electron chi connectivity index (χ3n) is 2.30. The van der Waals surface area contributed by atoms with Crippen molar-refractivity contribution < 1.29 is 4.79 Å². The van der Waals surface area contributed by atoms with Gasteiger partial charge in [-0.1, -0.05) is 11.3 Å². The van der Waals surface area contributed by atoms with Crippen molar-refractivity contribution in [3.63, 3.8) is 0 Å². The number of aromatic nitrogens is 4. The van der Waals surface area contributed by atoms with Crippen molar-refractivity contribution >= 4 is 33.7 Å². The van der Waals surface area contributed by atoms with Gasteiger partial charge < -0.3 is 4.57 Å². The van der Waals surface area contributed by atoms with E-state index in [2.05, 4.69) is 20.5 Å². The van der Waals surface area contributed by atoms with Gasteiger partial charge in [-0.3, -0.25) is 10.1 Å². The van der Waals surface area contributed by atoms with E-state index in [0.29, 0.717) is 10.8 Å². The minimum Gasteiger partial charge on any atom is -0.300 e. The van der Waals surface area contributed by atoms with Gasteiger partial charge >= 0.3 is 0 Å².